The second-order valence-corrected chi connectivity index (χ2v) is 7.39. The van der Waals surface area contributed by atoms with E-state index in [4.69, 9.17) is 4.74 Å². The minimum Gasteiger partial charge on any atom is -0.453 e. The van der Waals surface area contributed by atoms with Crippen LogP contribution in [0.15, 0.2) is 83.3 Å². The SMILES string of the molecule is Cc1cc(NC(=O)COC(=O)C(O)(c2ccccc2)c2ccccc2)ccc1Br. The van der Waals surface area contributed by atoms with Crippen molar-refractivity contribution >= 4 is 33.5 Å². The molecule has 0 aliphatic heterocycles. The van der Waals surface area contributed by atoms with E-state index in [1.165, 1.54) is 0 Å². The second-order valence-electron chi connectivity index (χ2n) is 6.53. The average molecular weight is 454 g/mol. The molecule has 0 saturated carbocycles. The van der Waals surface area contributed by atoms with E-state index in [0.29, 0.717) is 16.8 Å². The number of hydrogen-bond acceptors (Lipinski definition) is 4. The fraction of sp³-hybridized carbons (Fsp3) is 0.130. The summed E-state index contributed by atoms with van der Waals surface area (Å²) in [4.78, 5) is 25.1. The van der Waals surface area contributed by atoms with Gasteiger partial charge < -0.3 is 15.2 Å². The third-order valence-electron chi connectivity index (χ3n) is 4.45. The monoisotopic (exact) mass is 453 g/mol. The summed E-state index contributed by atoms with van der Waals surface area (Å²) in [6, 6.07) is 22.4. The fourth-order valence-corrected chi connectivity index (χ4v) is 3.16. The highest BCUT2D eigenvalue weighted by Gasteiger charge is 2.41. The third-order valence-corrected chi connectivity index (χ3v) is 5.34. The zero-order valence-corrected chi connectivity index (χ0v) is 17.3. The molecule has 3 rings (SSSR count). The normalized spacial score (nSPS) is 11.0. The van der Waals surface area contributed by atoms with E-state index in [9.17, 15) is 14.7 Å². The van der Waals surface area contributed by atoms with E-state index in [-0.39, 0.29) is 0 Å². The number of aryl methyl sites for hydroxylation is 1. The van der Waals surface area contributed by atoms with Crippen LogP contribution in [0.5, 0.6) is 0 Å². The Morgan fingerprint density at radius 2 is 1.52 bits per heavy atom. The molecule has 3 aromatic rings. The lowest BCUT2D eigenvalue weighted by Crippen LogP contribution is -2.39. The predicted molar refractivity (Wildman–Crippen MR) is 114 cm³/mol. The van der Waals surface area contributed by atoms with E-state index in [0.717, 1.165) is 10.0 Å². The number of amides is 1. The molecule has 5 nitrogen and oxygen atoms in total. The second kappa shape index (κ2) is 9.03. The summed E-state index contributed by atoms with van der Waals surface area (Å²) in [7, 11) is 0. The molecule has 0 aliphatic carbocycles. The molecule has 6 heteroatoms. The number of anilines is 1. The van der Waals surface area contributed by atoms with Crippen molar-refractivity contribution in [2.75, 3.05) is 11.9 Å². The van der Waals surface area contributed by atoms with Gasteiger partial charge in [-0.25, -0.2) is 4.79 Å². The van der Waals surface area contributed by atoms with Gasteiger partial charge in [-0.2, -0.15) is 0 Å². The molecule has 0 aliphatic rings. The van der Waals surface area contributed by atoms with Gasteiger partial charge in [-0.3, -0.25) is 4.79 Å². The molecular formula is C23H20BrNO4. The van der Waals surface area contributed by atoms with E-state index in [1.54, 1.807) is 72.8 Å². The molecule has 0 unspecified atom stereocenters. The molecule has 0 fully saturated rings. The Balaban J connectivity index is 1.75. The number of aliphatic hydroxyl groups is 1. The number of benzene rings is 3. The van der Waals surface area contributed by atoms with Crippen LogP contribution in [0.4, 0.5) is 5.69 Å². The number of carbonyl (C=O) groups excluding carboxylic acids is 2. The summed E-state index contributed by atoms with van der Waals surface area (Å²) in [5.41, 5.74) is 0.257. The Bertz CT molecular complexity index is 966. The fourth-order valence-electron chi connectivity index (χ4n) is 2.92. The van der Waals surface area contributed by atoms with Crippen LogP contribution in [0, 0.1) is 6.92 Å². The molecule has 3 aromatic carbocycles. The van der Waals surface area contributed by atoms with E-state index in [2.05, 4.69) is 21.2 Å². The summed E-state index contributed by atoms with van der Waals surface area (Å²) >= 11 is 3.40. The van der Waals surface area contributed by atoms with Crippen LogP contribution in [0.3, 0.4) is 0 Å². The summed E-state index contributed by atoms with van der Waals surface area (Å²) in [6.45, 7) is 1.38. The first-order valence-electron chi connectivity index (χ1n) is 8.98. The standard InChI is InChI=1S/C23H20BrNO4/c1-16-14-19(12-13-20(16)24)25-21(26)15-29-22(27)23(28,17-8-4-2-5-9-17)18-10-6-3-7-11-18/h2-14,28H,15H2,1H3,(H,25,26). The first-order valence-corrected chi connectivity index (χ1v) is 9.77. The van der Waals surface area contributed by atoms with Crippen LogP contribution in [0.2, 0.25) is 0 Å². The molecule has 1 amide bonds. The van der Waals surface area contributed by atoms with E-state index < -0.39 is 24.1 Å². The zero-order valence-electron chi connectivity index (χ0n) is 15.8. The Hall–Kier alpha value is -2.96. The topological polar surface area (TPSA) is 75.6 Å². The van der Waals surface area contributed by atoms with Crippen LogP contribution in [0.25, 0.3) is 0 Å². The Kier molecular flexibility index (Phi) is 6.46. The van der Waals surface area contributed by atoms with Gasteiger partial charge in [-0.1, -0.05) is 76.6 Å². The number of hydrogen-bond donors (Lipinski definition) is 2. The van der Waals surface area contributed by atoms with Crippen molar-refractivity contribution in [3.05, 3.63) is 100 Å². The highest BCUT2D eigenvalue weighted by atomic mass is 79.9. The first-order chi connectivity index (χ1) is 13.9. The van der Waals surface area contributed by atoms with E-state index in [1.807, 2.05) is 13.0 Å². The zero-order chi connectivity index (χ0) is 20.9. The van der Waals surface area contributed by atoms with Crippen molar-refractivity contribution in [2.24, 2.45) is 0 Å². The lowest BCUT2D eigenvalue weighted by atomic mass is 9.86. The summed E-state index contributed by atoms with van der Waals surface area (Å²) in [6.07, 6.45) is 0. The smallest absolute Gasteiger partial charge is 0.348 e. The molecule has 0 saturated heterocycles. The number of halogens is 1. The number of ether oxygens (including phenoxy) is 1. The molecule has 0 atom stereocenters. The molecule has 2 N–H and O–H groups in total. The van der Waals surface area contributed by atoms with Crippen LogP contribution >= 0.6 is 15.9 Å². The van der Waals surface area contributed by atoms with Gasteiger partial charge in [0.15, 0.2) is 6.61 Å². The number of nitrogens with one attached hydrogen (secondary N) is 1. The van der Waals surface area contributed by atoms with Crippen LogP contribution < -0.4 is 5.32 Å². The maximum absolute atomic E-state index is 12.9. The molecule has 29 heavy (non-hydrogen) atoms. The van der Waals surface area contributed by atoms with Gasteiger partial charge in [0, 0.05) is 10.2 Å². The van der Waals surface area contributed by atoms with Gasteiger partial charge in [-0.05, 0) is 41.8 Å². The van der Waals surface area contributed by atoms with Crippen LogP contribution in [0.1, 0.15) is 16.7 Å². The van der Waals surface area contributed by atoms with Crippen LogP contribution in [-0.4, -0.2) is 23.6 Å². The molecule has 0 heterocycles. The highest BCUT2D eigenvalue weighted by molar-refractivity contribution is 9.10. The van der Waals surface area contributed by atoms with Crippen molar-refractivity contribution in [1.82, 2.24) is 0 Å². The van der Waals surface area contributed by atoms with Crippen molar-refractivity contribution < 1.29 is 19.4 Å². The van der Waals surface area contributed by atoms with Crippen molar-refractivity contribution in [1.29, 1.82) is 0 Å². The summed E-state index contributed by atoms with van der Waals surface area (Å²) in [5.74, 6) is -1.42. The quantitative estimate of drug-likeness (QED) is 0.549. The van der Waals surface area contributed by atoms with Gasteiger partial charge in [0.2, 0.25) is 5.60 Å². The van der Waals surface area contributed by atoms with Gasteiger partial charge in [-0.15, -0.1) is 0 Å². The van der Waals surface area contributed by atoms with Gasteiger partial charge in [0.1, 0.15) is 0 Å². The molecule has 0 aromatic heterocycles. The average Bonchev–Trinajstić information content (AvgIpc) is 2.75. The number of carbonyl (C=O) groups is 2. The number of rotatable bonds is 6. The summed E-state index contributed by atoms with van der Waals surface area (Å²) < 4.78 is 6.12. The molecule has 0 spiro atoms. The summed E-state index contributed by atoms with van der Waals surface area (Å²) in [5, 5.41) is 14.0. The molecule has 148 valence electrons. The third kappa shape index (κ3) is 4.72. The van der Waals surface area contributed by atoms with Crippen molar-refractivity contribution in [2.45, 2.75) is 12.5 Å². The Morgan fingerprint density at radius 1 is 0.966 bits per heavy atom. The Labute approximate surface area is 177 Å². The van der Waals surface area contributed by atoms with Gasteiger partial charge in [0.05, 0.1) is 0 Å². The maximum atomic E-state index is 12.9. The van der Waals surface area contributed by atoms with Gasteiger partial charge >= 0.3 is 5.97 Å². The predicted octanol–water partition coefficient (Wildman–Crippen LogP) is 4.18. The van der Waals surface area contributed by atoms with Crippen molar-refractivity contribution in [3.8, 4) is 0 Å². The van der Waals surface area contributed by atoms with Crippen LogP contribution in [-0.2, 0) is 19.9 Å². The van der Waals surface area contributed by atoms with E-state index >= 15 is 0 Å². The highest BCUT2D eigenvalue weighted by Crippen LogP contribution is 2.31. The van der Waals surface area contributed by atoms with Gasteiger partial charge in [0.25, 0.3) is 5.91 Å². The Morgan fingerprint density at radius 3 is 2.03 bits per heavy atom. The minimum absolute atomic E-state index is 0.361. The number of esters is 1. The molecule has 0 bridgehead atoms. The lowest BCUT2D eigenvalue weighted by molar-refractivity contribution is -0.163. The largest absolute Gasteiger partial charge is 0.453 e. The lowest BCUT2D eigenvalue weighted by Gasteiger charge is -2.27. The maximum Gasteiger partial charge on any atom is 0.348 e. The molecular weight excluding hydrogens is 434 g/mol. The van der Waals surface area contributed by atoms with Crippen molar-refractivity contribution in [3.63, 3.8) is 0 Å². The first kappa shape index (κ1) is 20.8. The molecule has 0 radical (unpaired) electrons. The minimum atomic E-state index is -2.02.